The lowest BCUT2D eigenvalue weighted by Gasteiger charge is -2.09. The molecule has 0 N–H and O–H groups in total. The van der Waals surface area contributed by atoms with E-state index in [1.54, 1.807) is 36.6 Å². The van der Waals surface area contributed by atoms with Crippen LogP contribution in [-0.2, 0) is 14.6 Å². The molecule has 3 rings (SSSR count). The van der Waals surface area contributed by atoms with Crippen molar-refractivity contribution in [3.05, 3.63) is 59.7 Å². The second kappa shape index (κ2) is 8.12. The van der Waals surface area contributed by atoms with Crippen LogP contribution in [0.1, 0.15) is 6.92 Å². The van der Waals surface area contributed by atoms with Crippen LogP contribution in [0.4, 0.5) is 9.18 Å². The molecule has 0 saturated carbocycles. The molecular formula is C20H17FO5S2. The zero-order chi connectivity index (χ0) is 20.3. The van der Waals surface area contributed by atoms with Gasteiger partial charge < -0.3 is 9.47 Å². The highest BCUT2D eigenvalue weighted by molar-refractivity contribution is 7.90. The maximum Gasteiger partial charge on any atom is 0.514 e. The molecule has 3 aromatic rings. The third-order valence-corrected chi connectivity index (χ3v) is 5.91. The molecule has 0 aliphatic carbocycles. The molecular weight excluding hydrogens is 403 g/mol. The van der Waals surface area contributed by atoms with Gasteiger partial charge in [0, 0.05) is 22.8 Å². The normalized spacial score (nSPS) is 11.2. The van der Waals surface area contributed by atoms with Gasteiger partial charge in [0.05, 0.1) is 11.5 Å². The van der Waals surface area contributed by atoms with Gasteiger partial charge in [0.2, 0.25) is 0 Å². The number of carbonyl (C=O) groups excluding carboxylic acids is 1. The van der Waals surface area contributed by atoms with E-state index >= 15 is 0 Å². The molecule has 2 aromatic carbocycles. The lowest BCUT2D eigenvalue weighted by Crippen LogP contribution is -2.09. The summed E-state index contributed by atoms with van der Waals surface area (Å²) in [5, 5.41) is 2.11. The summed E-state index contributed by atoms with van der Waals surface area (Å²) in [6.45, 7) is 1.85. The molecule has 1 aromatic heterocycles. The van der Waals surface area contributed by atoms with Gasteiger partial charge >= 0.3 is 6.16 Å². The Kier molecular flexibility index (Phi) is 5.81. The van der Waals surface area contributed by atoms with Gasteiger partial charge in [-0.05, 0) is 42.3 Å². The molecule has 0 atom stereocenters. The number of thiophene rings is 1. The van der Waals surface area contributed by atoms with Crippen LogP contribution in [0.25, 0.3) is 22.3 Å². The number of ether oxygens (including phenoxy) is 2. The van der Waals surface area contributed by atoms with Gasteiger partial charge in [-0.2, -0.15) is 0 Å². The predicted molar refractivity (Wildman–Crippen MR) is 106 cm³/mol. The smallest absolute Gasteiger partial charge is 0.434 e. The highest BCUT2D eigenvalue weighted by Crippen LogP contribution is 2.44. The minimum Gasteiger partial charge on any atom is -0.434 e. The Morgan fingerprint density at radius 3 is 2.21 bits per heavy atom. The van der Waals surface area contributed by atoms with Gasteiger partial charge in [0.15, 0.2) is 14.9 Å². The summed E-state index contributed by atoms with van der Waals surface area (Å²) in [4.78, 5) is 12.0. The lowest BCUT2D eigenvalue weighted by molar-refractivity contribution is 0.106. The lowest BCUT2D eigenvalue weighted by atomic mass is 9.99. The van der Waals surface area contributed by atoms with E-state index < -0.39 is 16.0 Å². The van der Waals surface area contributed by atoms with Crippen LogP contribution in [0.3, 0.4) is 0 Å². The fourth-order valence-electron chi connectivity index (χ4n) is 2.62. The SMILES string of the molecule is CCOC(=O)Oc1scc(-c2ccc(S(C)(=O)=O)cc2)c1-c1ccc(F)cc1. The molecule has 0 fully saturated rings. The van der Waals surface area contributed by atoms with Crippen LogP contribution in [0.5, 0.6) is 5.06 Å². The number of sulfone groups is 1. The van der Waals surface area contributed by atoms with Crippen molar-refractivity contribution in [2.24, 2.45) is 0 Å². The Labute approximate surface area is 166 Å². The maximum absolute atomic E-state index is 13.4. The van der Waals surface area contributed by atoms with E-state index in [1.807, 2.05) is 0 Å². The Bertz CT molecular complexity index is 1080. The van der Waals surface area contributed by atoms with E-state index in [2.05, 4.69) is 0 Å². The monoisotopic (exact) mass is 420 g/mol. The van der Waals surface area contributed by atoms with Gasteiger partial charge in [-0.25, -0.2) is 17.6 Å². The quantitative estimate of drug-likeness (QED) is 0.533. The average molecular weight is 420 g/mol. The summed E-state index contributed by atoms with van der Waals surface area (Å²) in [7, 11) is -3.31. The first-order valence-corrected chi connectivity index (χ1v) is 11.1. The molecule has 0 unspecified atom stereocenters. The van der Waals surface area contributed by atoms with Crippen LogP contribution in [0.2, 0.25) is 0 Å². The molecule has 0 saturated heterocycles. The molecule has 0 aliphatic rings. The average Bonchev–Trinajstić information content (AvgIpc) is 3.05. The summed E-state index contributed by atoms with van der Waals surface area (Å²) in [6.07, 6.45) is 0.314. The van der Waals surface area contributed by atoms with Crippen LogP contribution in [0, 0.1) is 5.82 Å². The molecule has 0 bridgehead atoms. The second-order valence-electron chi connectivity index (χ2n) is 5.90. The second-order valence-corrected chi connectivity index (χ2v) is 8.76. The Morgan fingerprint density at radius 2 is 1.64 bits per heavy atom. The first-order valence-electron chi connectivity index (χ1n) is 8.32. The molecule has 5 nitrogen and oxygen atoms in total. The summed E-state index contributed by atoms with van der Waals surface area (Å²) >= 11 is 1.20. The summed E-state index contributed by atoms with van der Waals surface area (Å²) in [5.41, 5.74) is 2.73. The van der Waals surface area contributed by atoms with E-state index in [9.17, 15) is 17.6 Å². The van der Waals surface area contributed by atoms with Gasteiger partial charge in [-0.1, -0.05) is 24.3 Å². The predicted octanol–water partition coefficient (Wildman–Crippen LogP) is 5.16. The van der Waals surface area contributed by atoms with E-state index in [-0.39, 0.29) is 17.3 Å². The Balaban J connectivity index is 2.09. The first-order chi connectivity index (χ1) is 13.3. The fraction of sp³-hybridized carbons (Fsp3) is 0.150. The maximum atomic E-state index is 13.4. The van der Waals surface area contributed by atoms with E-state index in [4.69, 9.17) is 9.47 Å². The molecule has 1 heterocycles. The largest absolute Gasteiger partial charge is 0.514 e. The Hall–Kier alpha value is -2.71. The number of hydrogen-bond acceptors (Lipinski definition) is 6. The van der Waals surface area contributed by atoms with Gasteiger partial charge in [-0.15, -0.1) is 11.3 Å². The number of rotatable bonds is 5. The van der Waals surface area contributed by atoms with Crippen LogP contribution < -0.4 is 4.74 Å². The highest BCUT2D eigenvalue weighted by atomic mass is 32.2. The summed E-state index contributed by atoms with van der Waals surface area (Å²) in [5.74, 6) is -0.383. The van der Waals surface area contributed by atoms with Gasteiger partial charge in [0.1, 0.15) is 5.82 Å². The number of carbonyl (C=O) groups is 1. The van der Waals surface area contributed by atoms with Crippen molar-refractivity contribution < 1.29 is 27.1 Å². The zero-order valence-corrected chi connectivity index (χ0v) is 16.8. The van der Waals surface area contributed by atoms with Crippen molar-refractivity contribution in [2.45, 2.75) is 11.8 Å². The van der Waals surface area contributed by atoms with Crippen molar-refractivity contribution in [1.29, 1.82) is 0 Å². The summed E-state index contributed by atoms with van der Waals surface area (Å²) in [6, 6.07) is 12.2. The van der Waals surface area contributed by atoms with E-state index in [0.29, 0.717) is 16.2 Å². The van der Waals surface area contributed by atoms with Crippen molar-refractivity contribution >= 4 is 27.3 Å². The number of halogens is 1. The highest BCUT2D eigenvalue weighted by Gasteiger charge is 2.20. The van der Waals surface area contributed by atoms with E-state index in [1.165, 1.54) is 35.6 Å². The molecule has 0 aliphatic heterocycles. The van der Waals surface area contributed by atoms with Crippen LogP contribution in [0.15, 0.2) is 58.8 Å². The zero-order valence-electron chi connectivity index (χ0n) is 15.1. The summed E-state index contributed by atoms with van der Waals surface area (Å²) < 4.78 is 46.9. The topological polar surface area (TPSA) is 69.7 Å². The minimum absolute atomic E-state index is 0.176. The first kappa shape index (κ1) is 20.0. The number of benzene rings is 2. The standard InChI is InChI=1S/C20H17FO5S2/c1-3-25-20(22)26-19-18(14-4-8-15(21)9-5-14)17(12-27-19)13-6-10-16(11-7-13)28(2,23)24/h4-12H,3H2,1-2H3. The molecule has 146 valence electrons. The van der Waals surface area contributed by atoms with E-state index in [0.717, 1.165) is 17.4 Å². The van der Waals surface area contributed by atoms with Crippen molar-refractivity contribution in [2.75, 3.05) is 12.9 Å². The number of hydrogen-bond donors (Lipinski definition) is 0. The molecule has 28 heavy (non-hydrogen) atoms. The molecule has 0 amide bonds. The van der Waals surface area contributed by atoms with Crippen molar-refractivity contribution in [3.63, 3.8) is 0 Å². The third kappa shape index (κ3) is 4.40. The fourth-order valence-corrected chi connectivity index (χ4v) is 4.19. The van der Waals surface area contributed by atoms with Crippen molar-refractivity contribution in [1.82, 2.24) is 0 Å². The van der Waals surface area contributed by atoms with Crippen molar-refractivity contribution in [3.8, 4) is 27.3 Å². The van der Waals surface area contributed by atoms with Crippen LogP contribution in [-0.4, -0.2) is 27.4 Å². The Morgan fingerprint density at radius 1 is 1.04 bits per heavy atom. The molecule has 0 radical (unpaired) electrons. The molecule has 8 heteroatoms. The minimum atomic E-state index is -3.31. The third-order valence-electron chi connectivity index (χ3n) is 3.92. The van der Waals surface area contributed by atoms with Gasteiger partial charge in [0.25, 0.3) is 0 Å². The van der Waals surface area contributed by atoms with Crippen LogP contribution >= 0.6 is 11.3 Å². The van der Waals surface area contributed by atoms with Gasteiger partial charge in [-0.3, -0.25) is 0 Å². The molecule has 0 spiro atoms.